The fraction of sp³-hybridized carbons (Fsp3) is 0.267. The molecule has 1 heterocycles. The number of anilines is 1. The summed E-state index contributed by atoms with van der Waals surface area (Å²) in [5.74, 6) is 2.23. The third kappa shape index (κ3) is 2.78. The molecule has 1 aromatic heterocycles. The average molecular weight is 258 g/mol. The molecule has 100 valence electrons. The molecule has 0 bridgehead atoms. The third-order valence-electron chi connectivity index (χ3n) is 2.83. The van der Waals surface area contributed by atoms with Crippen molar-refractivity contribution in [3.8, 4) is 11.5 Å². The summed E-state index contributed by atoms with van der Waals surface area (Å²) in [5.41, 5.74) is 1.05. The van der Waals surface area contributed by atoms with E-state index in [4.69, 9.17) is 9.47 Å². The molecule has 0 aliphatic rings. The van der Waals surface area contributed by atoms with Crippen LogP contribution < -0.4 is 14.8 Å². The molecule has 4 nitrogen and oxygen atoms in total. The van der Waals surface area contributed by atoms with Gasteiger partial charge in [0.15, 0.2) is 11.5 Å². The highest BCUT2D eigenvalue weighted by Gasteiger charge is 2.09. The standard InChI is InChI=1S/C15H18N2O2/c1-10(2)9-17-15-12-8-14(19-4)13(18-3)7-11(12)5-6-16-15/h5-8H,1,9H2,2-4H3,(H,16,17). The van der Waals surface area contributed by atoms with Gasteiger partial charge in [-0.25, -0.2) is 4.98 Å². The van der Waals surface area contributed by atoms with Gasteiger partial charge in [-0.05, 0) is 30.5 Å². The van der Waals surface area contributed by atoms with E-state index < -0.39 is 0 Å². The molecule has 0 aliphatic heterocycles. The van der Waals surface area contributed by atoms with Gasteiger partial charge in [-0.2, -0.15) is 0 Å². The Morgan fingerprint density at radius 1 is 1.26 bits per heavy atom. The number of ether oxygens (including phenoxy) is 2. The number of hydrogen-bond acceptors (Lipinski definition) is 4. The summed E-state index contributed by atoms with van der Waals surface area (Å²) in [4.78, 5) is 4.36. The van der Waals surface area contributed by atoms with E-state index >= 15 is 0 Å². The first-order valence-corrected chi connectivity index (χ1v) is 6.04. The normalized spacial score (nSPS) is 10.3. The molecule has 0 unspecified atom stereocenters. The molecule has 4 heteroatoms. The molecule has 0 atom stereocenters. The van der Waals surface area contributed by atoms with Crippen molar-refractivity contribution < 1.29 is 9.47 Å². The lowest BCUT2D eigenvalue weighted by Crippen LogP contribution is -2.04. The number of pyridine rings is 1. The summed E-state index contributed by atoms with van der Waals surface area (Å²) in [6.07, 6.45) is 1.77. The Morgan fingerprint density at radius 2 is 1.95 bits per heavy atom. The SMILES string of the molecule is C=C(C)CNc1nccc2cc(OC)c(OC)cc12. The van der Waals surface area contributed by atoms with Gasteiger partial charge in [-0.3, -0.25) is 0 Å². The highest BCUT2D eigenvalue weighted by molar-refractivity contribution is 5.94. The molecular formula is C15H18N2O2. The number of fused-ring (bicyclic) bond motifs is 1. The molecule has 2 rings (SSSR count). The van der Waals surface area contributed by atoms with Crippen LogP contribution in [0.25, 0.3) is 10.8 Å². The van der Waals surface area contributed by atoms with Gasteiger partial charge < -0.3 is 14.8 Å². The number of benzene rings is 1. The first-order valence-electron chi connectivity index (χ1n) is 6.04. The molecule has 0 saturated carbocycles. The maximum Gasteiger partial charge on any atom is 0.161 e. The summed E-state index contributed by atoms with van der Waals surface area (Å²) in [5, 5.41) is 5.32. The maximum absolute atomic E-state index is 5.33. The molecule has 0 radical (unpaired) electrons. The van der Waals surface area contributed by atoms with Gasteiger partial charge in [0, 0.05) is 18.1 Å². The van der Waals surface area contributed by atoms with Crippen LogP contribution in [0.4, 0.5) is 5.82 Å². The van der Waals surface area contributed by atoms with Crippen molar-refractivity contribution in [2.45, 2.75) is 6.92 Å². The van der Waals surface area contributed by atoms with Gasteiger partial charge in [0.1, 0.15) is 5.82 Å². The van der Waals surface area contributed by atoms with Gasteiger partial charge in [-0.1, -0.05) is 12.2 Å². The first-order chi connectivity index (χ1) is 9.15. The largest absolute Gasteiger partial charge is 0.493 e. The number of aromatic nitrogens is 1. The number of nitrogens with zero attached hydrogens (tertiary/aromatic N) is 1. The minimum absolute atomic E-state index is 0.695. The summed E-state index contributed by atoms with van der Waals surface area (Å²) in [6.45, 7) is 6.55. The highest BCUT2D eigenvalue weighted by Crippen LogP contribution is 2.34. The second-order valence-electron chi connectivity index (χ2n) is 4.40. The fourth-order valence-corrected chi connectivity index (χ4v) is 1.87. The molecule has 2 aromatic rings. The van der Waals surface area contributed by atoms with Crippen molar-refractivity contribution in [1.29, 1.82) is 0 Å². The van der Waals surface area contributed by atoms with E-state index in [-0.39, 0.29) is 0 Å². The molecular weight excluding hydrogens is 240 g/mol. The zero-order valence-electron chi connectivity index (χ0n) is 11.5. The quantitative estimate of drug-likeness (QED) is 0.836. The van der Waals surface area contributed by atoms with Crippen LogP contribution in [0.2, 0.25) is 0 Å². The van der Waals surface area contributed by atoms with Crippen molar-refractivity contribution in [2.75, 3.05) is 26.1 Å². The maximum atomic E-state index is 5.33. The predicted octanol–water partition coefficient (Wildman–Crippen LogP) is 3.24. The zero-order valence-corrected chi connectivity index (χ0v) is 11.5. The number of hydrogen-bond donors (Lipinski definition) is 1. The van der Waals surface area contributed by atoms with Crippen LogP contribution >= 0.6 is 0 Å². The minimum atomic E-state index is 0.695. The van der Waals surface area contributed by atoms with Crippen LogP contribution in [0.5, 0.6) is 11.5 Å². The third-order valence-corrected chi connectivity index (χ3v) is 2.83. The number of methoxy groups -OCH3 is 2. The van der Waals surface area contributed by atoms with Crippen molar-refractivity contribution in [3.63, 3.8) is 0 Å². The first kappa shape index (κ1) is 13.2. The molecule has 19 heavy (non-hydrogen) atoms. The van der Waals surface area contributed by atoms with Gasteiger partial charge in [-0.15, -0.1) is 0 Å². The summed E-state index contributed by atoms with van der Waals surface area (Å²) < 4.78 is 10.6. The summed E-state index contributed by atoms with van der Waals surface area (Å²) in [6, 6.07) is 5.83. The van der Waals surface area contributed by atoms with Crippen LogP contribution in [-0.2, 0) is 0 Å². The second kappa shape index (κ2) is 5.61. The lowest BCUT2D eigenvalue weighted by atomic mass is 10.1. The molecule has 0 fully saturated rings. The van der Waals surface area contributed by atoms with Crippen molar-refractivity contribution in [2.24, 2.45) is 0 Å². The van der Waals surface area contributed by atoms with Crippen LogP contribution in [0.1, 0.15) is 6.92 Å². The molecule has 1 N–H and O–H groups in total. The summed E-state index contributed by atoms with van der Waals surface area (Å²) >= 11 is 0. The van der Waals surface area contributed by atoms with E-state index in [0.29, 0.717) is 18.0 Å². The zero-order chi connectivity index (χ0) is 13.8. The number of nitrogens with one attached hydrogen (secondary N) is 1. The van der Waals surface area contributed by atoms with Gasteiger partial charge in [0.05, 0.1) is 14.2 Å². The Morgan fingerprint density at radius 3 is 2.58 bits per heavy atom. The van der Waals surface area contributed by atoms with Crippen molar-refractivity contribution >= 4 is 16.6 Å². The average Bonchev–Trinajstić information content (AvgIpc) is 2.43. The van der Waals surface area contributed by atoms with Crippen LogP contribution in [0.3, 0.4) is 0 Å². The van der Waals surface area contributed by atoms with Crippen LogP contribution in [0, 0.1) is 0 Å². The predicted molar refractivity (Wildman–Crippen MR) is 78.2 cm³/mol. The van der Waals surface area contributed by atoms with Gasteiger partial charge >= 0.3 is 0 Å². The lowest BCUT2D eigenvalue weighted by molar-refractivity contribution is 0.356. The highest BCUT2D eigenvalue weighted by atomic mass is 16.5. The monoisotopic (exact) mass is 258 g/mol. The minimum Gasteiger partial charge on any atom is -0.493 e. The molecule has 0 amide bonds. The molecule has 0 saturated heterocycles. The van der Waals surface area contributed by atoms with E-state index in [1.165, 1.54) is 0 Å². The fourth-order valence-electron chi connectivity index (χ4n) is 1.87. The van der Waals surface area contributed by atoms with E-state index in [0.717, 1.165) is 22.2 Å². The van der Waals surface area contributed by atoms with E-state index in [1.54, 1.807) is 20.4 Å². The molecule has 0 spiro atoms. The van der Waals surface area contributed by atoms with E-state index in [2.05, 4.69) is 16.9 Å². The Kier molecular flexibility index (Phi) is 3.90. The second-order valence-corrected chi connectivity index (χ2v) is 4.40. The summed E-state index contributed by atoms with van der Waals surface area (Å²) in [7, 11) is 3.26. The van der Waals surface area contributed by atoms with Crippen molar-refractivity contribution in [3.05, 3.63) is 36.5 Å². The molecule has 1 aromatic carbocycles. The topological polar surface area (TPSA) is 43.4 Å². The van der Waals surface area contributed by atoms with Gasteiger partial charge in [0.25, 0.3) is 0 Å². The van der Waals surface area contributed by atoms with Crippen LogP contribution in [0.15, 0.2) is 36.5 Å². The lowest BCUT2D eigenvalue weighted by Gasteiger charge is -2.12. The number of rotatable bonds is 5. The van der Waals surface area contributed by atoms with Gasteiger partial charge in [0.2, 0.25) is 0 Å². The Hall–Kier alpha value is -2.23. The Labute approximate surface area is 113 Å². The van der Waals surface area contributed by atoms with Crippen LogP contribution in [-0.4, -0.2) is 25.7 Å². The van der Waals surface area contributed by atoms with E-state index in [9.17, 15) is 0 Å². The Balaban J connectivity index is 2.51. The Bertz CT molecular complexity index is 608. The molecule has 0 aliphatic carbocycles. The van der Waals surface area contributed by atoms with E-state index in [1.807, 2.05) is 25.1 Å². The smallest absolute Gasteiger partial charge is 0.161 e. The van der Waals surface area contributed by atoms with Crippen molar-refractivity contribution in [1.82, 2.24) is 4.98 Å².